The molecular formula is C61H97F6N15O21. The van der Waals surface area contributed by atoms with Crippen molar-refractivity contribution < 1.29 is 129 Å². The first-order valence-corrected chi connectivity index (χ1v) is 32.2. The summed E-state index contributed by atoms with van der Waals surface area (Å²) in [5, 5.41) is 82.1. The number of nitrogens with two attached hydrogens (primary N) is 4. The lowest BCUT2D eigenvalue weighted by molar-refractivity contribution is -0.193. The van der Waals surface area contributed by atoms with Crippen molar-refractivity contribution in [1.29, 1.82) is 0 Å². The molecule has 1 heterocycles. The molecule has 0 radical (unpaired) electrons. The number of amides is 11. The van der Waals surface area contributed by atoms with Gasteiger partial charge in [-0.1, -0.05) is 105 Å². The van der Waals surface area contributed by atoms with Crippen molar-refractivity contribution in [2.45, 2.75) is 211 Å². The van der Waals surface area contributed by atoms with E-state index in [9.17, 15) is 99.5 Å². The third-order valence-electron chi connectivity index (χ3n) is 14.8. The Morgan fingerprint density at radius 2 is 1.14 bits per heavy atom. The van der Waals surface area contributed by atoms with Gasteiger partial charge in [0, 0.05) is 6.54 Å². The lowest BCUT2D eigenvalue weighted by Gasteiger charge is -2.33. The number of guanidine groups is 1. The maximum absolute atomic E-state index is 15.3. The number of carbonyl (C=O) groups excluding carboxylic acids is 12. The number of carboxylic acids is 2. The van der Waals surface area contributed by atoms with Crippen LogP contribution < -0.4 is 76.1 Å². The third kappa shape index (κ3) is 33.9. The molecule has 1 aliphatic heterocycles. The Bertz CT molecular complexity index is 3030. The Hall–Kier alpha value is -9.55. The number of aliphatic hydroxyl groups excluding tert-OH is 4. The molecule has 15 atom stereocenters. The minimum atomic E-state index is -5.08. The first-order chi connectivity index (χ1) is 47.6. The number of carboxylic acid groups (broad SMARTS) is 2. The number of esters is 1. The van der Waals surface area contributed by atoms with Gasteiger partial charge in [-0.15, -0.1) is 0 Å². The molecule has 103 heavy (non-hydrogen) atoms. The summed E-state index contributed by atoms with van der Waals surface area (Å²) in [6.45, 7) is 13.6. The zero-order chi connectivity index (χ0) is 79.7. The molecular weight excluding hydrogens is 1390 g/mol. The van der Waals surface area contributed by atoms with Crippen LogP contribution in [0.1, 0.15) is 126 Å². The molecule has 1 aromatic carbocycles. The second-order valence-corrected chi connectivity index (χ2v) is 24.8. The highest BCUT2D eigenvalue weighted by atomic mass is 19.4. The van der Waals surface area contributed by atoms with Gasteiger partial charge in [-0.3, -0.25) is 57.7 Å². The number of rotatable bonds is 23. The smallest absolute Gasteiger partial charge is 0.475 e. The fourth-order valence-electron chi connectivity index (χ4n) is 9.10. The molecule has 0 unspecified atom stereocenters. The van der Waals surface area contributed by atoms with Crippen LogP contribution >= 0.6 is 0 Å². The number of aliphatic imine (C=N–C) groups is 1. The van der Waals surface area contributed by atoms with E-state index in [1.807, 2.05) is 24.5 Å². The second kappa shape index (κ2) is 44.7. The van der Waals surface area contributed by atoms with Gasteiger partial charge in [0.05, 0.1) is 31.4 Å². The number of alkyl halides is 6. The number of carbonyl (C=O) groups is 14. The molecule has 584 valence electrons. The van der Waals surface area contributed by atoms with Gasteiger partial charge in [-0.05, 0) is 68.3 Å². The summed E-state index contributed by atoms with van der Waals surface area (Å²) >= 11 is 0. The number of cyclic esters (lactones) is 1. The Labute approximate surface area is 587 Å². The summed E-state index contributed by atoms with van der Waals surface area (Å²) in [6.07, 6.45) is -17.9. The van der Waals surface area contributed by atoms with E-state index in [0.29, 0.717) is 0 Å². The number of hydrogen-bond acceptors (Lipinski definition) is 21. The van der Waals surface area contributed by atoms with Gasteiger partial charge in [0.1, 0.15) is 48.3 Å². The molecule has 2 rings (SSSR count). The lowest BCUT2D eigenvalue weighted by atomic mass is 9.95. The molecule has 0 saturated carbocycles. The van der Waals surface area contributed by atoms with Crippen LogP contribution in [0.3, 0.4) is 0 Å². The molecule has 0 aliphatic carbocycles. The number of aliphatic hydroxyl groups is 4. The number of primary amides is 1. The third-order valence-corrected chi connectivity index (χ3v) is 14.8. The fourth-order valence-corrected chi connectivity index (χ4v) is 9.10. The molecule has 1 saturated heterocycles. The Morgan fingerprint density at radius 1 is 0.641 bits per heavy atom. The van der Waals surface area contributed by atoms with Crippen LogP contribution in [0.5, 0.6) is 0 Å². The summed E-state index contributed by atoms with van der Waals surface area (Å²) in [5.74, 6) is -22.4. The molecule has 24 N–H and O–H groups in total. The van der Waals surface area contributed by atoms with Gasteiger partial charge in [0.2, 0.25) is 65.0 Å². The van der Waals surface area contributed by atoms with Crippen LogP contribution in [0.15, 0.2) is 35.3 Å². The number of aliphatic carboxylic acids is 2. The average molecular weight is 1490 g/mol. The first-order valence-electron chi connectivity index (χ1n) is 32.2. The zero-order valence-corrected chi connectivity index (χ0v) is 58.2. The van der Waals surface area contributed by atoms with Crippen LogP contribution in [0.25, 0.3) is 0 Å². The number of nitrogens with one attached hydrogen (secondary N) is 10. The quantitative estimate of drug-likeness (QED) is 0.0162. The van der Waals surface area contributed by atoms with E-state index in [0.717, 1.165) is 6.92 Å². The predicted octanol–water partition coefficient (Wildman–Crippen LogP) is -4.41. The number of hydrogen-bond donors (Lipinski definition) is 20. The SMILES string of the molecule is CCC[C@H](NC(=O)[C@H](N)CC(C)C)C(=O)N[C@@H]1C(=O)N[C@@H]([C@H](O)C(C)C)C(=O)N[C@@H](CC(C)C)C(=O)N[C@H](CCCN=C(N)N)C(=O)N[C@@H]([C@@H](C)CC)C(=O)N[C@@H]([C@H](C)O)C(=O)NCC(=O)N[C@@H]([C@H](O)C(N)=O)C(=O)N[C@@H](CO)C(=O)O[C@@H]1c1ccccc1.O=C(O)C(F)(F)F.O=C(O)C(F)(F)F. The van der Waals surface area contributed by atoms with Gasteiger partial charge < -0.3 is 111 Å². The van der Waals surface area contributed by atoms with Gasteiger partial charge in [-0.2, -0.15) is 26.3 Å². The van der Waals surface area contributed by atoms with Gasteiger partial charge in [0.25, 0.3) is 0 Å². The lowest BCUT2D eigenvalue weighted by Crippen LogP contribution is -2.64. The standard InChI is InChI=1S/C57H95N15O17.2C2HF3O2/c1-11-17-33(64-47(79)32(58)22-26(3)4)48(80)72-42-45(31-18-14-13-15-19-31)89-56(88)36(25-73)67-54(86)41(44(77)46(59)78)68-37(75)24-63-51(83)39(30(10)74)70-52(84)38(29(9)12-2)69-49(81)34(20-16-21-62-57(60)61)65-50(82)35(23-27(5)6)66-53(85)40(71-55(42)87)43(76)28(7)8;2*3-2(4,5)1(6)7/h13-15,18-19,26-30,32-36,38-45,73-74,76-77H,11-12,16-17,20-25,58H2,1-10H3,(H2,59,78)(H,63,83)(H,64,79)(H,65,82)(H,66,85)(H,67,86)(H,68,75)(H,69,81)(H,70,84)(H,71,87)(H,72,80)(H4,60,61,62);2*(H,6,7)/t29-,30-,32+,33-,34+,35-,36-,38-,39-,40-,41-,42-,43+,44-,45+;;/m0../s1. The minimum absolute atomic E-state index is 0.0468. The molecule has 36 nitrogen and oxygen atoms in total. The maximum Gasteiger partial charge on any atom is 0.490 e. The Balaban J connectivity index is 0.00000668. The van der Waals surface area contributed by atoms with E-state index < -0.39 is 205 Å². The van der Waals surface area contributed by atoms with E-state index in [1.54, 1.807) is 34.6 Å². The van der Waals surface area contributed by atoms with E-state index in [1.165, 1.54) is 44.2 Å². The summed E-state index contributed by atoms with van der Waals surface area (Å²) in [5.41, 5.74) is 22.5. The number of benzene rings is 1. The highest BCUT2D eigenvalue weighted by molar-refractivity contribution is 6.00. The highest BCUT2D eigenvalue weighted by Gasteiger charge is 2.44. The van der Waals surface area contributed by atoms with Crippen LogP contribution in [-0.4, -0.2) is 230 Å². The van der Waals surface area contributed by atoms with Crippen LogP contribution in [0, 0.1) is 23.7 Å². The first kappa shape index (κ1) is 93.5. The van der Waals surface area contributed by atoms with Gasteiger partial charge >= 0.3 is 30.3 Å². The monoisotopic (exact) mass is 1490 g/mol. The van der Waals surface area contributed by atoms with E-state index in [2.05, 4.69) is 47.5 Å². The summed E-state index contributed by atoms with van der Waals surface area (Å²) < 4.78 is 69.4. The molecule has 0 spiro atoms. The van der Waals surface area contributed by atoms with Crippen LogP contribution in [0.4, 0.5) is 26.3 Å². The van der Waals surface area contributed by atoms with Crippen molar-refractivity contribution in [3.8, 4) is 0 Å². The maximum atomic E-state index is 15.3. The largest absolute Gasteiger partial charge is 0.490 e. The van der Waals surface area contributed by atoms with Gasteiger partial charge in [-0.25, -0.2) is 14.4 Å². The topological polar surface area (TPSA) is 606 Å². The number of ether oxygens (including phenoxy) is 1. The zero-order valence-electron chi connectivity index (χ0n) is 58.2. The van der Waals surface area contributed by atoms with E-state index in [-0.39, 0.29) is 74.8 Å². The molecule has 11 amide bonds. The van der Waals surface area contributed by atoms with Crippen LogP contribution in [-0.2, 0) is 71.9 Å². The van der Waals surface area contributed by atoms with Gasteiger partial charge in [0.15, 0.2) is 24.2 Å². The van der Waals surface area contributed by atoms with E-state index >= 15 is 4.79 Å². The van der Waals surface area contributed by atoms with Crippen LogP contribution in [0.2, 0.25) is 0 Å². The predicted molar refractivity (Wildman–Crippen MR) is 349 cm³/mol. The molecule has 1 aromatic rings. The van der Waals surface area contributed by atoms with Crippen molar-refractivity contribution in [3.63, 3.8) is 0 Å². The Kier molecular flexibility index (Phi) is 40.6. The van der Waals surface area contributed by atoms with Crippen molar-refractivity contribution >= 4 is 88.8 Å². The second-order valence-electron chi connectivity index (χ2n) is 24.8. The van der Waals surface area contributed by atoms with E-state index in [4.69, 9.17) is 47.5 Å². The number of halogens is 6. The molecule has 0 aromatic heterocycles. The minimum Gasteiger partial charge on any atom is -0.475 e. The van der Waals surface area contributed by atoms with Crippen molar-refractivity contribution in [2.24, 2.45) is 51.6 Å². The summed E-state index contributed by atoms with van der Waals surface area (Å²) in [6, 6.07) is -10.7. The number of nitrogens with zero attached hydrogens (tertiary/aromatic N) is 1. The summed E-state index contributed by atoms with van der Waals surface area (Å²) in [4.78, 5) is 191. The molecule has 1 fully saturated rings. The van der Waals surface area contributed by atoms with Crippen molar-refractivity contribution in [2.75, 3.05) is 19.7 Å². The normalized spacial score (nSPS) is 23.0. The molecule has 42 heteroatoms. The Morgan fingerprint density at radius 3 is 1.60 bits per heavy atom. The average Bonchev–Trinajstić information content (AvgIpc) is 0.815. The molecule has 0 bridgehead atoms. The highest BCUT2D eigenvalue weighted by Crippen LogP contribution is 2.25. The van der Waals surface area contributed by atoms with Crippen molar-refractivity contribution in [3.05, 3.63) is 35.9 Å². The fraction of sp³-hybridized carbons (Fsp3) is 0.656. The molecule has 1 aliphatic rings. The summed E-state index contributed by atoms with van der Waals surface area (Å²) in [7, 11) is 0. The van der Waals surface area contributed by atoms with Crippen molar-refractivity contribution in [1.82, 2.24) is 53.2 Å².